The molecule has 2 unspecified atom stereocenters. The number of benzene rings is 1. The predicted octanol–water partition coefficient (Wildman–Crippen LogP) is 3.15. The van der Waals surface area contributed by atoms with Gasteiger partial charge in [-0.2, -0.15) is 0 Å². The van der Waals surface area contributed by atoms with E-state index >= 15 is 0 Å². The normalized spacial score (nSPS) is 19.3. The van der Waals surface area contributed by atoms with Crippen molar-refractivity contribution in [2.45, 2.75) is 19.0 Å². The smallest absolute Gasteiger partial charge is 0.170 e. The second-order valence-corrected chi connectivity index (χ2v) is 7.07. The second kappa shape index (κ2) is 7.50. The molecule has 2 aromatic heterocycles. The van der Waals surface area contributed by atoms with Crippen molar-refractivity contribution in [3.05, 3.63) is 83.9 Å². The number of thiocarbonyl (C=S) groups is 1. The number of nitrogens with one attached hydrogen (secondary N) is 1. The molecule has 3 heterocycles. The van der Waals surface area contributed by atoms with Crippen molar-refractivity contribution in [3.63, 3.8) is 0 Å². The molecule has 1 aliphatic rings. The van der Waals surface area contributed by atoms with Gasteiger partial charge >= 0.3 is 0 Å². The Kier molecular flexibility index (Phi) is 4.92. The van der Waals surface area contributed by atoms with Crippen LogP contribution in [0.5, 0.6) is 0 Å². The molecule has 1 aromatic carbocycles. The summed E-state index contributed by atoms with van der Waals surface area (Å²) in [6, 6.07) is 18.4. The molecule has 1 saturated heterocycles. The van der Waals surface area contributed by atoms with Gasteiger partial charge in [-0.25, -0.2) is 0 Å². The van der Waals surface area contributed by atoms with E-state index in [1.807, 2.05) is 24.3 Å². The molecular weight excluding hydrogens is 356 g/mol. The Hall–Kier alpha value is -2.70. The van der Waals surface area contributed by atoms with Gasteiger partial charge in [0.2, 0.25) is 0 Å². The lowest BCUT2D eigenvalue weighted by Crippen LogP contribution is -2.32. The fourth-order valence-corrected chi connectivity index (χ4v) is 3.98. The van der Waals surface area contributed by atoms with Crippen LogP contribution in [0.15, 0.2) is 67.0 Å². The molecule has 6 heteroatoms. The molecule has 5 nitrogen and oxygen atoms in total. The highest BCUT2D eigenvalue weighted by Crippen LogP contribution is 2.39. The summed E-state index contributed by atoms with van der Waals surface area (Å²) in [7, 11) is 0. The van der Waals surface area contributed by atoms with Gasteiger partial charge in [0, 0.05) is 30.3 Å². The minimum Gasteiger partial charge on any atom is -0.395 e. The Labute approximate surface area is 164 Å². The van der Waals surface area contributed by atoms with E-state index in [2.05, 4.69) is 63.2 Å². The van der Waals surface area contributed by atoms with Crippen molar-refractivity contribution in [2.24, 2.45) is 0 Å². The van der Waals surface area contributed by atoms with Crippen LogP contribution in [0.2, 0.25) is 0 Å². The van der Waals surface area contributed by atoms with Gasteiger partial charge in [-0.1, -0.05) is 23.8 Å². The lowest BCUT2D eigenvalue weighted by Gasteiger charge is -2.28. The van der Waals surface area contributed by atoms with E-state index in [1.165, 1.54) is 5.56 Å². The number of aromatic nitrogens is 2. The largest absolute Gasteiger partial charge is 0.395 e. The summed E-state index contributed by atoms with van der Waals surface area (Å²) in [5.74, 6) is 0. The van der Waals surface area contributed by atoms with E-state index in [4.69, 9.17) is 12.2 Å². The Morgan fingerprint density at radius 1 is 1.11 bits per heavy atom. The summed E-state index contributed by atoms with van der Waals surface area (Å²) in [4.78, 5) is 6.59. The molecule has 0 amide bonds. The first kappa shape index (κ1) is 17.7. The molecule has 3 aromatic rings. The number of rotatable bonds is 5. The van der Waals surface area contributed by atoms with Crippen LogP contribution in [0.4, 0.5) is 0 Å². The standard InChI is InChI=1S/C21H22N4OS/c1-15-7-9-16(10-8-15)24-12-4-6-18(24)20-19(17-5-2-3-11-22-17)23-21(27)25(20)13-14-26/h2-12,19-20,26H,13-14H2,1H3,(H,23,27). The van der Waals surface area contributed by atoms with Crippen LogP contribution in [-0.2, 0) is 0 Å². The zero-order valence-corrected chi connectivity index (χ0v) is 15.9. The molecule has 1 fully saturated rings. The summed E-state index contributed by atoms with van der Waals surface area (Å²) in [5, 5.41) is 13.6. The van der Waals surface area contributed by atoms with E-state index < -0.39 is 0 Å². The third kappa shape index (κ3) is 3.34. The van der Waals surface area contributed by atoms with Crippen LogP contribution in [-0.4, -0.2) is 37.8 Å². The van der Waals surface area contributed by atoms with Crippen LogP contribution in [0.25, 0.3) is 5.69 Å². The summed E-state index contributed by atoms with van der Waals surface area (Å²) in [6.07, 6.45) is 3.86. The van der Waals surface area contributed by atoms with Gasteiger partial charge in [0.15, 0.2) is 5.11 Å². The van der Waals surface area contributed by atoms with Crippen molar-refractivity contribution in [1.29, 1.82) is 0 Å². The molecule has 1 aliphatic heterocycles. The van der Waals surface area contributed by atoms with Crippen molar-refractivity contribution in [3.8, 4) is 5.69 Å². The Morgan fingerprint density at radius 2 is 1.93 bits per heavy atom. The number of aryl methyl sites for hydroxylation is 1. The average Bonchev–Trinajstić information content (AvgIpc) is 3.28. The fraction of sp³-hybridized carbons (Fsp3) is 0.238. The first-order chi connectivity index (χ1) is 13.2. The predicted molar refractivity (Wildman–Crippen MR) is 110 cm³/mol. The monoisotopic (exact) mass is 378 g/mol. The zero-order valence-electron chi connectivity index (χ0n) is 15.1. The lowest BCUT2D eigenvalue weighted by atomic mass is 10.0. The Bertz CT molecular complexity index is 923. The highest BCUT2D eigenvalue weighted by Gasteiger charge is 2.40. The Morgan fingerprint density at radius 3 is 2.63 bits per heavy atom. The van der Waals surface area contributed by atoms with Crippen molar-refractivity contribution < 1.29 is 5.11 Å². The molecule has 27 heavy (non-hydrogen) atoms. The Balaban J connectivity index is 1.80. The molecule has 0 saturated carbocycles. The molecule has 4 rings (SSSR count). The van der Waals surface area contributed by atoms with Gasteiger partial charge in [-0.3, -0.25) is 4.98 Å². The highest BCUT2D eigenvalue weighted by atomic mass is 32.1. The van der Waals surface area contributed by atoms with Crippen LogP contribution < -0.4 is 5.32 Å². The van der Waals surface area contributed by atoms with Crippen molar-refractivity contribution >= 4 is 17.3 Å². The number of hydrogen-bond acceptors (Lipinski definition) is 3. The lowest BCUT2D eigenvalue weighted by molar-refractivity contribution is 0.220. The fourth-order valence-electron chi connectivity index (χ4n) is 3.65. The first-order valence-corrected chi connectivity index (χ1v) is 9.43. The third-order valence-corrected chi connectivity index (χ3v) is 5.29. The van der Waals surface area contributed by atoms with E-state index in [1.54, 1.807) is 6.20 Å². The maximum absolute atomic E-state index is 9.58. The van der Waals surface area contributed by atoms with Crippen LogP contribution >= 0.6 is 12.2 Å². The minimum atomic E-state index is -0.0793. The minimum absolute atomic E-state index is 0.0402. The van der Waals surface area contributed by atoms with Gasteiger partial charge in [0.05, 0.1) is 24.4 Å². The van der Waals surface area contributed by atoms with E-state index in [9.17, 15) is 5.11 Å². The molecular formula is C21H22N4OS. The third-order valence-electron chi connectivity index (χ3n) is 4.93. The van der Waals surface area contributed by atoms with Crippen LogP contribution in [0, 0.1) is 6.92 Å². The van der Waals surface area contributed by atoms with Crippen molar-refractivity contribution in [1.82, 2.24) is 19.8 Å². The van der Waals surface area contributed by atoms with E-state index in [0.29, 0.717) is 11.7 Å². The first-order valence-electron chi connectivity index (χ1n) is 9.02. The summed E-state index contributed by atoms with van der Waals surface area (Å²) < 4.78 is 2.18. The second-order valence-electron chi connectivity index (χ2n) is 6.68. The molecule has 0 spiro atoms. The molecule has 0 bridgehead atoms. The number of hydrogen-bond donors (Lipinski definition) is 2. The summed E-state index contributed by atoms with van der Waals surface area (Å²) >= 11 is 5.58. The molecule has 138 valence electrons. The van der Waals surface area contributed by atoms with Gasteiger partial charge in [0.1, 0.15) is 0 Å². The number of nitrogens with zero attached hydrogens (tertiary/aromatic N) is 3. The molecule has 0 aliphatic carbocycles. The summed E-state index contributed by atoms with van der Waals surface area (Å²) in [6.45, 7) is 2.59. The number of β-amino-alcohol motifs (C(OH)–C–C–N with tert-alkyl or cyclic N) is 1. The maximum atomic E-state index is 9.58. The SMILES string of the molecule is Cc1ccc(-n2cccc2C2C(c3ccccn3)NC(=S)N2CCO)cc1. The quantitative estimate of drug-likeness (QED) is 0.668. The number of aliphatic hydroxyl groups is 1. The van der Waals surface area contributed by atoms with Gasteiger partial charge in [-0.05, 0) is 55.5 Å². The van der Waals surface area contributed by atoms with Crippen molar-refractivity contribution in [2.75, 3.05) is 13.2 Å². The molecule has 2 N–H and O–H groups in total. The highest BCUT2D eigenvalue weighted by molar-refractivity contribution is 7.80. The molecule has 0 radical (unpaired) electrons. The van der Waals surface area contributed by atoms with E-state index in [-0.39, 0.29) is 18.7 Å². The van der Waals surface area contributed by atoms with Gasteiger partial charge < -0.3 is 19.9 Å². The average molecular weight is 379 g/mol. The topological polar surface area (TPSA) is 53.3 Å². The number of aliphatic hydroxyl groups excluding tert-OH is 1. The summed E-state index contributed by atoms with van der Waals surface area (Å²) in [5.41, 5.74) is 4.36. The molecule has 2 atom stereocenters. The maximum Gasteiger partial charge on any atom is 0.170 e. The van der Waals surface area contributed by atoms with Gasteiger partial charge in [0.25, 0.3) is 0 Å². The van der Waals surface area contributed by atoms with Crippen LogP contribution in [0.1, 0.15) is 29.0 Å². The van der Waals surface area contributed by atoms with Crippen LogP contribution in [0.3, 0.4) is 0 Å². The van der Waals surface area contributed by atoms with Gasteiger partial charge in [-0.15, -0.1) is 0 Å². The zero-order chi connectivity index (χ0) is 18.8. The number of pyridine rings is 1. The van der Waals surface area contributed by atoms with E-state index in [0.717, 1.165) is 17.1 Å².